The second-order valence-electron chi connectivity index (χ2n) is 16.9. The average molecular weight is 810 g/mol. The molecule has 0 bridgehead atoms. The number of rotatable bonds is 40. The van der Waals surface area contributed by atoms with E-state index in [4.69, 9.17) is 9.47 Å². The van der Waals surface area contributed by atoms with Gasteiger partial charge in [0.15, 0.2) is 6.29 Å². The lowest BCUT2D eigenvalue weighted by molar-refractivity contribution is -0.302. The molecule has 7 atom stereocenters. The first-order valence-corrected chi connectivity index (χ1v) is 24.1. The van der Waals surface area contributed by atoms with Crippen LogP contribution >= 0.6 is 0 Å². The third kappa shape index (κ3) is 29.5. The number of amides is 1. The van der Waals surface area contributed by atoms with Crippen LogP contribution in [0.15, 0.2) is 24.3 Å². The van der Waals surface area contributed by atoms with Gasteiger partial charge in [-0.2, -0.15) is 0 Å². The Morgan fingerprint density at radius 1 is 0.579 bits per heavy atom. The highest BCUT2D eigenvalue weighted by molar-refractivity contribution is 5.76. The van der Waals surface area contributed by atoms with E-state index in [1.165, 1.54) is 148 Å². The number of aliphatic hydroxyl groups excluding tert-OH is 5. The molecule has 7 unspecified atom stereocenters. The van der Waals surface area contributed by atoms with Crippen LogP contribution in [0.25, 0.3) is 0 Å². The van der Waals surface area contributed by atoms with Crippen LogP contribution in [-0.2, 0) is 14.3 Å². The Bertz CT molecular complexity index is 945. The molecule has 0 aromatic heterocycles. The Kier molecular flexibility index (Phi) is 36.6. The minimum atomic E-state index is -1.57. The fourth-order valence-electron chi connectivity index (χ4n) is 7.64. The van der Waals surface area contributed by atoms with E-state index >= 15 is 0 Å². The van der Waals surface area contributed by atoms with Gasteiger partial charge in [-0.25, -0.2) is 0 Å². The standard InChI is InChI=1S/C48H91NO8/c1-3-5-7-9-11-12-13-14-15-16-17-18-19-20-21-22-23-24-25-26-27-28-29-30-31-32-33-35-37-42(51)41(49-44(52)38-36-34-10-8-6-4-2)40-56-48-47(55)46(54)45(53)43(39-50)57-48/h30-31,35,37,41-43,45-48,50-51,53-55H,3-29,32-34,36,38-40H2,1-2H3,(H,49,52)/b31-30+,37-35+. The van der Waals surface area contributed by atoms with Gasteiger partial charge in [0.1, 0.15) is 24.4 Å². The molecule has 1 heterocycles. The van der Waals surface area contributed by atoms with Crippen molar-refractivity contribution in [2.75, 3.05) is 13.2 Å². The monoisotopic (exact) mass is 810 g/mol. The number of nitrogens with one attached hydrogen (secondary N) is 1. The summed E-state index contributed by atoms with van der Waals surface area (Å²) in [4.78, 5) is 12.8. The van der Waals surface area contributed by atoms with Crippen molar-refractivity contribution in [1.29, 1.82) is 0 Å². The molecule has 0 saturated carbocycles. The smallest absolute Gasteiger partial charge is 0.220 e. The van der Waals surface area contributed by atoms with E-state index in [2.05, 4.69) is 31.3 Å². The summed E-state index contributed by atoms with van der Waals surface area (Å²) in [6.07, 6.45) is 40.0. The predicted molar refractivity (Wildman–Crippen MR) is 235 cm³/mol. The second kappa shape index (κ2) is 38.8. The topological polar surface area (TPSA) is 149 Å². The van der Waals surface area contributed by atoms with Crippen molar-refractivity contribution < 1.29 is 39.8 Å². The lowest BCUT2D eigenvalue weighted by atomic mass is 9.99. The highest BCUT2D eigenvalue weighted by Gasteiger charge is 2.44. The van der Waals surface area contributed by atoms with Gasteiger partial charge in [-0.3, -0.25) is 4.79 Å². The summed E-state index contributed by atoms with van der Waals surface area (Å²) in [7, 11) is 0. The van der Waals surface area contributed by atoms with Crippen LogP contribution in [0, 0.1) is 0 Å². The van der Waals surface area contributed by atoms with Gasteiger partial charge in [0.25, 0.3) is 0 Å². The molecule has 0 aliphatic carbocycles. The van der Waals surface area contributed by atoms with Crippen LogP contribution in [0.2, 0.25) is 0 Å². The first-order chi connectivity index (χ1) is 27.8. The molecule has 6 N–H and O–H groups in total. The first-order valence-electron chi connectivity index (χ1n) is 24.1. The number of hydrogen-bond donors (Lipinski definition) is 6. The molecule has 1 fully saturated rings. The van der Waals surface area contributed by atoms with Crippen molar-refractivity contribution in [3.05, 3.63) is 24.3 Å². The molecule has 57 heavy (non-hydrogen) atoms. The fraction of sp³-hybridized carbons (Fsp3) is 0.896. The highest BCUT2D eigenvalue weighted by atomic mass is 16.7. The van der Waals surface area contributed by atoms with Crippen molar-refractivity contribution in [2.24, 2.45) is 0 Å². The quantitative estimate of drug-likeness (QED) is 0.0265. The summed E-state index contributed by atoms with van der Waals surface area (Å²) in [5.74, 6) is -0.196. The molecule has 1 rings (SSSR count). The van der Waals surface area contributed by atoms with Crippen molar-refractivity contribution in [3.8, 4) is 0 Å². The lowest BCUT2D eigenvalue weighted by Crippen LogP contribution is -2.60. The molecule has 336 valence electrons. The Morgan fingerprint density at radius 2 is 1.00 bits per heavy atom. The van der Waals surface area contributed by atoms with Crippen molar-refractivity contribution in [1.82, 2.24) is 5.32 Å². The van der Waals surface area contributed by atoms with E-state index in [1.807, 2.05) is 6.08 Å². The van der Waals surface area contributed by atoms with Gasteiger partial charge in [-0.05, 0) is 32.1 Å². The number of unbranched alkanes of at least 4 members (excludes halogenated alkanes) is 28. The molecule has 0 spiro atoms. The largest absolute Gasteiger partial charge is 0.394 e. The zero-order chi connectivity index (χ0) is 41.6. The molecule has 1 saturated heterocycles. The maximum absolute atomic E-state index is 12.8. The third-order valence-corrected chi connectivity index (χ3v) is 11.5. The van der Waals surface area contributed by atoms with Gasteiger partial charge in [0.05, 0.1) is 25.4 Å². The lowest BCUT2D eigenvalue weighted by Gasteiger charge is -2.40. The highest BCUT2D eigenvalue weighted by Crippen LogP contribution is 2.23. The molecule has 0 aromatic carbocycles. The number of carbonyl (C=O) groups is 1. The van der Waals surface area contributed by atoms with Crippen molar-refractivity contribution >= 4 is 5.91 Å². The molecule has 9 nitrogen and oxygen atoms in total. The van der Waals surface area contributed by atoms with Crippen LogP contribution in [0.3, 0.4) is 0 Å². The van der Waals surface area contributed by atoms with Gasteiger partial charge in [0.2, 0.25) is 5.91 Å². The van der Waals surface area contributed by atoms with Crippen LogP contribution < -0.4 is 5.32 Å². The Hall–Kier alpha value is -1.33. The third-order valence-electron chi connectivity index (χ3n) is 11.5. The maximum Gasteiger partial charge on any atom is 0.220 e. The Morgan fingerprint density at radius 3 is 1.47 bits per heavy atom. The fourth-order valence-corrected chi connectivity index (χ4v) is 7.64. The van der Waals surface area contributed by atoms with E-state index in [1.54, 1.807) is 6.08 Å². The van der Waals surface area contributed by atoms with Crippen molar-refractivity contribution in [3.63, 3.8) is 0 Å². The van der Waals surface area contributed by atoms with E-state index in [0.29, 0.717) is 6.42 Å². The van der Waals surface area contributed by atoms with Crippen molar-refractivity contribution in [2.45, 2.75) is 262 Å². The summed E-state index contributed by atoms with van der Waals surface area (Å²) >= 11 is 0. The summed E-state index contributed by atoms with van der Waals surface area (Å²) in [6, 6.07) is -0.814. The minimum absolute atomic E-state index is 0.196. The number of ether oxygens (including phenoxy) is 2. The van der Waals surface area contributed by atoms with Crippen LogP contribution in [0.5, 0.6) is 0 Å². The molecule has 0 radical (unpaired) electrons. The SMILES string of the molecule is CCCCCCCCCCCCCCCCCCCCCCCC/C=C/CC/C=C/C(O)C(COC1OC(CO)C(O)C(O)C1O)NC(=O)CCCCCCCC. The zero-order valence-corrected chi connectivity index (χ0v) is 36.9. The van der Waals surface area contributed by atoms with E-state index < -0.39 is 49.5 Å². The molecule has 1 aliphatic rings. The number of carbonyl (C=O) groups excluding carboxylic acids is 1. The van der Waals surface area contributed by atoms with Gasteiger partial charge in [-0.15, -0.1) is 0 Å². The number of allylic oxidation sites excluding steroid dienone is 3. The van der Waals surface area contributed by atoms with Crippen LogP contribution in [0.1, 0.15) is 219 Å². The summed E-state index contributed by atoms with van der Waals surface area (Å²) in [5, 5.41) is 53.9. The van der Waals surface area contributed by atoms with E-state index in [9.17, 15) is 30.3 Å². The molecule has 1 amide bonds. The Balaban J connectivity index is 2.16. The molecule has 1 aliphatic heterocycles. The summed E-state index contributed by atoms with van der Waals surface area (Å²) in [5.41, 5.74) is 0. The minimum Gasteiger partial charge on any atom is -0.394 e. The van der Waals surface area contributed by atoms with Gasteiger partial charge < -0.3 is 40.3 Å². The number of hydrogen-bond acceptors (Lipinski definition) is 8. The predicted octanol–water partition coefficient (Wildman–Crippen LogP) is 10.3. The molecule has 9 heteroatoms. The van der Waals surface area contributed by atoms with E-state index in [-0.39, 0.29) is 12.5 Å². The molecular weight excluding hydrogens is 719 g/mol. The average Bonchev–Trinajstić information content (AvgIpc) is 3.21. The van der Waals surface area contributed by atoms with Gasteiger partial charge in [0, 0.05) is 6.42 Å². The molecular formula is C48H91NO8. The normalized spacial score (nSPS) is 21.1. The number of aliphatic hydroxyl groups is 5. The van der Waals surface area contributed by atoms with Gasteiger partial charge in [-0.1, -0.05) is 205 Å². The second-order valence-corrected chi connectivity index (χ2v) is 16.9. The molecule has 0 aromatic rings. The van der Waals surface area contributed by atoms with Gasteiger partial charge >= 0.3 is 0 Å². The van der Waals surface area contributed by atoms with E-state index in [0.717, 1.165) is 51.4 Å². The summed E-state index contributed by atoms with van der Waals surface area (Å²) < 4.78 is 11.1. The maximum atomic E-state index is 12.8. The first kappa shape index (κ1) is 53.7. The van der Waals surface area contributed by atoms with Crippen LogP contribution in [-0.4, -0.2) is 87.5 Å². The summed E-state index contributed by atoms with van der Waals surface area (Å²) in [6.45, 7) is 3.69. The Labute approximate surface area is 349 Å². The van der Waals surface area contributed by atoms with Crippen LogP contribution in [0.4, 0.5) is 0 Å². The zero-order valence-electron chi connectivity index (χ0n) is 36.9.